The van der Waals surface area contributed by atoms with E-state index < -0.39 is 0 Å². The third-order valence-corrected chi connectivity index (χ3v) is 5.18. The predicted molar refractivity (Wildman–Crippen MR) is 95.4 cm³/mol. The van der Waals surface area contributed by atoms with E-state index in [1.54, 1.807) is 0 Å². The number of aryl methyl sites for hydroxylation is 1. The fourth-order valence-corrected chi connectivity index (χ4v) is 3.93. The second kappa shape index (κ2) is 6.43. The van der Waals surface area contributed by atoms with Crippen LogP contribution in [0.5, 0.6) is 11.5 Å². The van der Waals surface area contributed by atoms with Crippen molar-refractivity contribution in [3.63, 3.8) is 0 Å². The van der Waals surface area contributed by atoms with Gasteiger partial charge in [0.15, 0.2) is 11.5 Å². The Bertz CT molecular complexity index is 650. The first-order chi connectivity index (χ1) is 11.0. The Labute approximate surface area is 140 Å². The van der Waals surface area contributed by atoms with Gasteiger partial charge in [0.05, 0.1) is 0 Å². The van der Waals surface area contributed by atoms with Gasteiger partial charge >= 0.3 is 0 Å². The fraction of sp³-hybridized carbons (Fsp3) is 0.524. The molecule has 1 aliphatic heterocycles. The molecule has 3 rings (SSSR count). The summed E-state index contributed by atoms with van der Waals surface area (Å²) in [5.74, 6) is 3.61. The highest BCUT2D eigenvalue weighted by Gasteiger charge is 2.34. The van der Waals surface area contributed by atoms with Crippen LogP contribution in [0.4, 0.5) is 0 Å². The van der Waals surface area contributed by atoms with Gasteiger partial charge in [-0.15, -0.1) is 0 Å². The molecule has 0 amide bonds. The lowest BCUT2D eigenvalue weighted by atomic mass is 9.71. The van der Waals surface area contributed by atoms with Gasteiger partial charge in [0.2, 0.25) is 6.79 Å². The number of hydrogen-bond donors (Lipinski definition) is 0. The van der Waals surface area contributed by atoms with Crippen LogP contribution >= 0.6 is 0 Å². The summed E-state index contributed by atoms with van der Waals surface area (Å²) in [5.41, 5.74) is 5.41. The maximum atomic E-state index is 5.84. The van der Waals surface area contributed by atoms with Crippen LogP contribution in [0.15, 0.2) is 29.9 Å². The molecule has 0 saturated heterocycles. The van der Waals surface area contributed by atoms with Gasteiger partial charge in [-0.2, -0.15) is 0 Å². The van der Waals surface area contributed by atoms with Gasteiger partial charge in [-0.05, 0) is 62.5 Å². The van der Waals surface area contributed by atoms with Crippen LogP contribution in [0.1, 0.15) is 69.1 Å². The summed E-state index contributed by atoms with van der Waals surface area (Å²) < 4.78 is 11.5. The van der Waals surface area contributed by atoms with Crippen LogP contribution in [0.2, 0.25) is 0 Å². The molecule has 124 valence electrons. The maximum absolute atomic E-state index is 5.84. The molecule has 0 saturated carbocycles. The molecule has 1 aromatic carbocycles. The molecule has 0 fully saturated rings. The average Bonchev–Trinajstić information content (AvgIpc) is 2.97. The lowest BCUT2D eigenvalue weighted by Gasteiger charge is -2.33. The van der Waals surface area contributed by atoms with Crippen molar-refractivity contribution < 1.29 is 9.47 Å². The van der Waals surface area contributed by atoms with Crippen LogP contribution in [0.3, 0.4) is 0 Å². The van der Waals surface area contributed by atoms with Gasteiger partial charge in [0, 0.05) is 5.56 Å². The van der Waals surface area contributed by atoms with E-state index >= 15 is 0 Å². The van der Waals surface area contributed by atoms with Crippen molar-refractivity contribution in [2.45, 2.75) is 59.3 Å². The van der Waals surface area contributed by atoms with E-state index in [9.17, 15) is 0 Å². The van der Waals surface area contributed by atoms with Gasteiger partial charge in [0.25, 0.3) is 0 Å². The Morgan fingerprint density at radius 2 is 1.96 bits per heavy atom. The summed E-state index contributed by atoms with van der Waals surface area (Å²) >= 11 is 0. The van der Waals surface area contributed by atoms with Crippen LogP contribution in [-0.4, -0.2) is 6.79 Å². The summed E-state index contributed by atoms with van der Waals surface area (Å²) in [6.45, 7) is 11.4. The molecule has 23 heavy (non-hydrogen) atoms. The fourth-order valence-electron chi connectivity index (χ4n) is 3.93. The molecule has 2 aliphatic rings. The van der Waals surface area contributed by atoms with E-state index in [0.29, 0.717) is 24.5 Å². The lowest BCUT2D eigenvalue weighted by molar-refractivity contribution is 0.172. The van der Waals surface area contributed by atoms with E-state index in [4.69, 9.17) is 9.47 Å². The first-order valence-corrected chi connectivity index (χ1v) is 8.73. The quantitative estimate of drug-likeness (QED) is 0.650. The van der Waals surface area contributed by atoms with Crippen molar-refractivity contribution >= 4 is 0 Å². The first-order valence-electron chi connectivity index (χ1n) is 8.73. The third kappa shape index (κ3) is 3.04. The zero-order valence-corrected chi connectivity index (χ0v) is 15.0. The highest BCUT2D eigenvalue weighted by molar-refractivity contribution is 5.59. The highest BCUT2D eigenvalue weighted by Crippen LogP contribution is 2.52. The van der Waals surface area contributed by atoms with Gasteiger partial charge in [-0.3, -0.25) is 0 Å². The number of hydrogen-bond acceptors (Lipinski definition) is 2. The molecule has 3 atom stereocenters. The SMILES string of the molecule is CC(C)=CC=CC(C)C1CCC(C)c2c1cc(C)c1c2OCO1. The van der Waals surface area contributed by atoms with E-state index in [-0.39, 0.29) is 0 Å². The van der Waals surface area contributed by atoms with Crippen LogP contribution in [0, 0.1) is 12.8 Å². The topological polar surface area (TPSA) is 18.5 Å². The molecule has 1 aromatic rings. The lowest BCUT2D eigenvalue weighted by Crippen LogP contribution is -2.18. The number of rotatable bonds is 3. The molecule has 2 heteroatoms. The highest BCUT2D eigenvalue weighted by atomic mass is 16.7. The smallest absolute Gasteiger partial charge is 0.231 e. The van der Waals surface area contributed by atoms with Crippen molar-refractivity contribution in [1.82, 2.24) is 0 Å². The molecule has 0 N–H and O–H groups in total. The number of benzene rings is 1. The second-order valence-electron chi connectivity index (χ2n) is 7.33. The largest absolute Gasteiger partial charge is 0.453 e. The van der Waals surface area contributed by atoms with E-state index in [1.807, 2.05) is 0 Å². The van der Waals surface area contributed by atoms with Gasteiger partial charge in [0.1, 0.15) is 0 Å². The molecule has 0 radical (unpaired) electrons. The van der Waals surface area contributed by atoms with Crippen molar-refractivity contribution in [2.24, 2.45) is 5.92 Å². The zero-order valence-electron chi connectivity index (χ0n) is 15.0. The number of fused-ring (bicyclic) bond motifs is 3. The first kappa shape index (κ1) is 16.2. The Balaban J connectivity index is 1.98. The average molecular weight is 312 g/mol. The molecule has 1 heterocycles. The summed E-state index contributed by atoms with van der Waals surface area (Å²) in [6.07, 6.45) is 9.20. The second-order valence-corrected chi connectivity index (χ2v) is 7.33. The van der Waals surface area contributed by atoms with Crippen molar-refractivity contribution in [3.8, 4) is 11.5 Å². The number of allylic oxidation sites excluding steroid dienone is 4. The molecule has 0 aromatic heterocycles. The van der Waals surface area contributed by atoms with Crippen molar-refractivity contribution in [3.05, 3.63) is 46.6 Å². The van der Waals surface area contributed by atoms with E-state index in [2.05, 4.69) is 58.9 Å². The standard InChI is InChI=1S/C21H28O2/c1-13(2)7-6-8-14(3)17-10-9-15(4)19-18(17)11-16(5)20-21(19)23-12-22-20/h6-8,11,14-15,17H,9-10,12H2,1-5H3. The normalized spacial score (nSPS) is 23.7. The Hall–Kier alpha value is -1.70. The van der Waals surface area contributed by atoms with Crippen LogP contribution in [-0.2, 0) is 0 Å². The molecule has 2 nitrogen and oxygen atoms in total. The summed E-state index contributed by atoms with van der Waals surface area (Å²) in [4.78, 5) is 0. The Kier molecular flexibility index (Phi) is 4.52. The molecular formula is C21H28O2. The minimum Gasteiger partial charge on any atom is -0.453 e. The van der Waals surface area contributed by atoms with Crippen LogP contribution in [0.25, 0.3) is 0 Å². The minimum atomic E-state index is 0.361. The van der Waals surface area contributed by atoms with E-state index in [1.165, 1.54) is 35.1 Å². The summed E-state index contributed by atoms with van der Waals surface area (Å²) in [7, 11) is 0. The molecular weight excluding hydrogens is 284 g/mol. The van der Waals surface area contributed by atoms with Crippen LogP contribution < -0.4 is 9.47 Å². The zero-order chi connectivity index (χ0) is 16.6. The summed E-state index contributed by atoms with van der Waals surface area (Å²) in [6, 6.07) is 2.34. The predicted octanol–water partition coefficient (Wildman–Crippen LogP) is 5.86. The van der Waals surface area contributed by atoms with Gasteiger partial charge < -0.3 is 9.47 Å². The molecule has 0 spiro atoms. The molecule has 1 aliphatic carbocycles. The van der Waals surface area contributed by atoms with Gasteiger partial charge in [-0.25, -0.2) is 0 Å². The third-order valence-electron chi connectivity index (χ3n) is 5.18. The van der Waals surface area contributed by atoms with Gasteiger partial charge in [-0.1, -0.05) is 43.7 Å². The monoisotopic (exact) mass is 312 g/mol. The molecule has 3 unspecified atom stereocenters. The number of ether oxygens (including phenoxy) is 2. The van der Waals surface area contributed by atoms with Crippen molar-refractivity contribution in [1.29, 1.82) is 0 Å². The molecule has 0 bridgehead atoms. The Morgan fingerprint density at radius 1 is 1.22 bits per heavy atom. The maximum Gasteiger partial charge on any atom is 0.231 e. The summed E-state index contributed by atoms with van der Waals surface area (Å²) in [5, 5.41) is 0. The minimum absolute atomic E-state index is 0.361. The Morgan fingerprint density at radius 3 is 2.70 bits per heavy atom. The van der Waals surface area contributed by atoms with E-state index in [0.717, 1.165) is 11.5 Å². The van der Waals surface area contributed by atoms with Crippen molar-refractivity contribution in [2.75, 3.05) is 6.79 Å².